The Morgan fingerprint density at radius 2 is 2.10 bits per heavy atom. The molecule has 0 radical (unpaired) electrons. The summed E-state index contributed by atoms with van der Waals surface area (Å²) >= 11 is 0. The van der Waals surface area contributed by atoms with Crippen molar-refractivity contribution >= 4 is 11.5 Å². The van der Waals surface area contributed by atoms with Crippen molar-refractivity contribution < 1.29 is 9.53 Å². The summed E-state index contributed by atoms with van der Waals surface area (Å²) in [6, 6.07) is 4.27. The predicted octanol–water partition coefficient (Wildman–Crippen LogP) is 6.75. The van der Waals surface area contributed by atoms with Crippen LogP contribution >= 0.6 is 0 Å². The highest BCUT2D eigenvalue weighted by molar-refractivity contribution is 5.72. The Bertz CT molecular complexity index is 842. The van der Waals surface area contributed by atoms with E-state index in [0.29, 0.717) is 5.92 Å². The number of ether oxygens (including phenoxy) is 1. The first-order chi connectivity index (χ1) is 14.3. The molecule has 1 saturated carbocycles. The van der Waals surface area contributed by atoms with E-state index >= 15 is 0 Å². The molecule has 1 heterocycles. The fourth-order valence-corrected chi connectivity index (χ4v) is 6.44. The molecule has 162 valence electrons. The fraction of sp³-hybridized carbons (Fsp3) is 0.630. The minimum atomic E-state index is -0.144. The van der Waals surface area contributed by atoms with Gasteiger partial charge in [0.05, 0.1) is 0 Å². The van der Waals surface area contributed by atoms with Gasteiger partial charge in [0.2, 0.25) is 0 Å². The molecule has 3 aliphatic carbocycles. The van der Waals surface area contributed by atoms with Crippen molar-refractivity contribution in [3.05, 3.63) is 47.8 Å². The van der Waals surface area contributed by atoms with Crippen LogP contribution in [-0.2, 0) is 9.53 Å². The van der Waals surface area contributed by atoms with Gasteiger partial charge in [-0.25, -0.2) is 0 Å². The van der Waals surface area contributed by atoms with Crippen LogP contribution < -0.4 is 0 Å². The van der Waals surface area contributed by atoms with Crippen molar-refractivity contribution in [3.8, 4) is 0 Å². The maximum Gasteiger partial charge on any atom is 0.302 e. The number of esters is 1. The molecule has 3 aliphatic rings. The van der Waals surface area contributed by atoms with Gasteiger partial charge in [0.15, 0.2) is 0 Å². The van der Waals surface area contributed by atoms with Crippen LogP contribution in [0.1, 0.15) is 84.6 Å². The van der Waals surface area contributed by atoms with E-state index in [1.165, 1.54) is 43.7 Å². The summed E-state index contributed by atoms with van der Waals surface area (Å²) in [6.45, 7) is 8.90. The number of fused-ring (bicyclic) bond motifs is 1. The second kappa shape index (κ2) is 8.32. The van der Waals surface area contributed by atoms with Crippen molar-refractivity contribution in [2.24, 2.45) is 22.7 Å². The molecule has 30 heavy (non-hydrogen) atoms. The SMILES string of the molecule is CC(=O)O[C@H]1CC[C@@]2(C)C(=CCC[C@@H]2CC[C@]2(C)C(c3cccnc3)=CC[C@H]2C)C1. The summed E-state index contributed by atoms with van der Waals surface area (Å²) in [5.74, 6) is 1.24. The van der Waals surface area contributed by atoms with Gasteiger partial charge in [-0.05, 0) is 84.8 Å². The van der Waals surface area contributed by atoms with Crippen LogP contribution in [-0.4, -0.2) is 17.1 Å². The van der Waals surface area contributed by atoms with E-state index in [9.17, 15) is 4.79 Å². The third-order valence-electron chi connectivity index (χ3n) is 8.67. The summed E-state index contributed by atoms with van der Waals surface area (Å²) < 4.78 is 5.56. The lowest BCUT2D eigenvalue weighted by Gasteiger charge is -2.48. The number of rotatable bonds is 5. The summed E-state index contributed by atoms with van der Waals surface area (Å²) in [5.41, 5.74) is 4.82. The number of carbonyl (C=O) groups is 1. The molecule has 0 saturated heterocycles. The smallest absolute Gasteiger partial charge is 0.302 e. The zero-order chi connectivity index (χ0) is 21.4. The van der Waals surface area contributed by atoms with Gasteiger partial charge >= 0.3 is 5.97 Å². The normalized spacial score (nSPS) is 35.9. The quantitative estimate of drug-likeness (QED) is 0.400. The number of nitrogens with zero attached hydrogens (tertiary/aromatic N) is 1. The average Bonchev–Trinajstić information content (AvgIpc) is 3.02. The van der Waals surface area contributed by atoms with Crippen molar-refractivity contribution in [3.63, 3.8) is 0 Å². The van der Waals surface area contributed by atoms with Crippen molar-refractivity contribution in [2.45, 2.75) is 85.2 Å². The number of allylic oxidation sites excluding steroid dienone is 3. The van der Waals surface area contributed by atoms with Crippen molar-refractivity contribution in [1.29, 1.82) is 0 Å². The fourth-order valence-electron chi connectivity index (χ4n) is 6.44. The van der Waals surface area contributed by atoms with Crippen LogP contribution in [0.25, 0.3) is 5.57 Å². The molecule has 0 bridgehead atoms. The molecule has 1 aromatic heterocycles. The summed E-state index contributed by atoms with van der Waals surface area (Å²) in [5, 5.41) is 0. The van der Waals surface area contributed by atoms with E-state index in [1.807, 2.05) is 12.4 Å². The van der Waals surface area contributed by atoms with E-state index < -0.39 is 0 Å². The lowest BCUT2D eigenvalue weighted by molar-refractivity contribution is -0.148. The van der Waals surface area contributed by atoms with Crippen LogP contribution in [0, 0.1) is 22.7 Å². The minimum Gasteiger partial charge on any atom is -0.462 e. The molecule has 3 heteroatoms. The number of carbonyl (C=O) groups excluding carboxylic acids is 1. The molecular formula is C27H37NO2. The molecule has 5 atom stereocenters. The molecule has 0 aromatic carbocycles. The standard InChI is InChI=1S/C27H37NO2/c1-19-10-11-25(21-7-6-16-28-18-21)26(19,3)14-12-22-8-5-9-23-17-24(30-20(2)29)13-15-27(22,23)4/h6-7,9,11,16,18-19,22,24H,5,8,10,12-15,17H2,1-4H3/t19-,22-,24+,26+,27-/m1/s1. The van der Waals surface area contributed by atoms with Crippen molar-refractivity contribution in [2.75, 3.05) is 0 Å². The summed E-state index contributed by atoms with van der Waals surface area (Å²) in [7, 11) is 0. The van der Waals surface area contributed by atoms with Crippen LogP contribution in [0.5, 0.6) is 0 Å². The van der Waals surface area contributed by atoms with Crippen molar-refractivity contribution in [1.82, 2.24) is 4.98 Å². The highest BCUT2D eigenvalue weighted by Crippen LogP contribution is 2.56. The lowest BCUT2D eigenvalue weighted by atomic mass is 9.57. The van der Waals surface area contributed by atoms with Gasteiger partial charge in [-0.1, -0.05) is 44.6 Å². The number of hydrogen-bond donors (Lipinski definition) is 0. The van der Waals surface area contributed by atoms with Crippen LogP contribution in [0.3, 0.4) is 0 Å². The van der Waals surface area contributed by atoms with Gasteiger partial charge in [-0.3, -0.25) is 9.78 Å². The first-order valence-electron chi connectivity index (χ1n) is 11.8. The molecule has 0 N–H and O–H groups in total. The number of pyridine rings is 1. The maximum atomic E-state index is 11.4. The third kappa shape index (κ3) is 3.88. The first-order valence-corrected chi connectivity index (χ1v) is 11.8. The van der Waals surface area contributed by atoms with Crippen LogP contribution in [0.2, 0.25) is 0 Å². The molecule has 0 unspecified atom stereocenters. The Kier molecular flexibility index (Phi) is 5.92. The van der Waals surface area contributed by atoms with Gasteiger partial charge in [-0.15, -0.1) is 0 Å². The largest absolute Gasteiger partial charge is 0.462 e. The van der Waals surface area contributed by atoms with Gasteiger partial charge in [0.1, 0.15) is 6.10 Å². The number of hydrogen-bond acceptors (Lipinski definition) is 3. The van der Waals surface area contributed by atoms with E-state index in [0.717, 1.165) is 31.6 Å². The van der Waals surface area contributed by atoms with Gasteiger partial charge in [0, 0.05) is 25.7 Å². The Morgan fingerprint density at radius 3 is 2.83 bits per heavy atom. The zero-order valence-electron chi connectivity index (χ0n) is 19.1. The maximum absolute atomic E-state index is 11.4. The minimum absolute atomic E-state index is 0.0769. The van der Waals surface area contributed by atoms with E-state index in [-0.39, 0.29) is 22.9 Å². The van der Waals surface area contributed by atoms with Gasteiger partial charge < -0.3 is 4.74 Å². The lowest BCUT2D eigenvalue weighted by Crippen LogP contribution is -2.40. The molecule has 0 aliphatic heterocycles. The second-order valence-corrected chi connectivity index (χ2v) is 10.3. The number of aromatic nitrogens is 1. The molecule has 0 amide bonds. The highest BCUT2D eigenvalue weighted by Gasteiger charge is 2.45. The Hall–Kier alpha value is -1.90. The molecule has 0 spiro atoms. The van der Waals surface area contributed by atoms with E-state index in [1.54, 1.807) is 5.57 Å². The monoisotopic (exact) mass is 407 g/mol. The highest BCUT2D eigenvalue weighted by atomic mass is 16.5. The Labute approximate surface area is 182 Å². The van der Waals surface area contributed by atoms with E-state index in [2.05, 4.69) is 50.0 Å². The Morgan fingerprint density at radius 1 is 1.27 bits per heavy atom. The average molecular weight is 408 g/mol. The third-order valence-corrected chi connectivity index (χ3v) is 8.67. The van der Waals surface area contributed by atoms with Gasteiger partial charge in [0.25, 0.3) is 0 Å². The molecule has 1 aromatic rings. The molecular weight excluding hydrogens is 370 g/mol. The van der Waals surface area contributed by atoms with E-state index in [4.69, 9.17) is 4.74 Å². The molecule has 1 fully saturated rings. The Balaban J connectivity index is 1.48. The molecule has 3 nitrogen and oxygen atoms in total. The molecule has 4 rings (SSSR count). The second-order valence-electron chi connectivity index (χ2n) is 10.3. The summed E-state index contributed by atoms with van der Waals surface area (Å²) in [4.78, 5) is 15.8. The van der Waals surface area contributed by atoms with Gasteiger partial charge in [-0.2, -0.15) is 0 Å². The zero-order valence-corrected chi connectivity index (χ0v) is 19.1. The van der Waals surface area contributed by atoms with Crippen LogP contribution in [0.15, 0.2) is 42.3 Å². The van der Waals surface area contributed by atoms with Crippen LogP contribution in [0.4, 0.5) is 0 Å². The topological polar surface area (TPSA) is 39.2 Å². The summed E-state index contributed by atoms with van der Waals surface area (Å²) in [6.07, 6.45) is 18.1. The first kappa shape index (κ1) is 21.3. The predicted molar refractivity (Wildman–Crippen MR) is 122 cm³/mol.